The highest BCUT2D eigenvalue weighted by Gasteiger charge is 2.06. The number of nitrogens with zero attached hydrogens (tertiary/aromatic N) is 3. The smallest absolute Gasteiger partial charge is 0.274 e. The van der Waals surface area contributed by atoms with Crippen molar-refractivity contribution in [1.82, 2.24) is 14.7 Å². The van der Waals surface area contributed by atoms with Gasteiger partial charge >= 0.3 is 0 Å². The number of benzene rings is 2. The summed E-state index contributed by atoms with van der Waals surface area (Å²) in [5, 5.41) is 15.2. The van der Waals surface area contributed by atoms with Crippen molar-refractivity contribution in [2.24, 2.45) is 0 Å². The van der Waals surface area contributed by atoms with Gasteiger partial charge in [-0.1, -0.05) is 44.2 Å². The molecule has 5 heteroatoms. The molecule has 0 aliphatic heterocycles. The summed E-state index contributed by atoms with van der Waals surface area (Å²) in [6.07, 6.45) is 6.64. The van der Waals surface area contributed by atoms with Gasteiger partial charge in [-0.05, 0) is 61.4 Å². The van der Waals surface area contributed by atoms with Gasteiger partial charge in [0.2, 0.25) is 0 Å². The lowest BCUT2D eigenvalue weighted by Crippen LogP contribution is -2.28. The van der Waals surface area contributed by atoms with E-state index in [1.807, 2.05) is 42.5 Å². The highest BCUT2D eigenvalue weighted by molar-refractivity contribution is 5.84. The third-order valence-electron chi connectivity index (χ3n) is 4.98. The number of phenolic OH excluding ortho intramolecular Hbond substituents is 1. The Bertz CT molecular complexity index is 1000. The van der Waals surface area contributed by atoms with Crippen LogP contribution in [0.2, 0.25) is 0 Å². The van der Waals surface area contributed by atoms with Crippen molar-refractivity contribution in [2.75, 3.05) is 19.6 Å². The molecule has 0 radical (unpaired) electrons. The van der Waals surface area contributed by atoms with E-state index in [9.17, 15) is 9.90 Å². The first-order valence-electron chi connectivity index (χ1n) is 9.80. The summed E-state index contributed by atoms with van der Waals surface area (Å²) in [7, 11) is 0. The Morgan fingerprint density at radius 3 is 2.43 bits per heavy atom. The summed E-state index contributed by atoms with van der Waals surface area (Å²) in [5.41, 5.74) is 1.96. The number of aromatic hydroxyl groups is 1. The lowest BCUT2D eigenvalue weighted by molar-refractivity contribution is 0.290. The van der Waals surface area contributed by atoms with Crippen LogP contribution in [0, 0.1) is 0 Å². The van der Waals surface area contributed by atoms with Crippen LogP contribution < -0.4 is 5.56 Å². The van der Waals surface area contributed by atoms with Crippen LogP contribution in [0.1, 0.15) is 31.4 Å². The van der Waals surface area contributed by atoms with E-state index in [-0.39, 0.29) is 11.3 Å². The van der Waals surface area contributed by atoms with Gasteiger partial charge in [-0.15, -0.1) is 0 Å². The van der Waals surface area contributed by atoms with Crippen molar-refractivity contribution >= 4 is 22.9 Å². The minimum absolute atomic E-state index is 0.0360. The largest absolute Gasteiger partial charge is 0.508 e. The molecule has 0 saturated carbocycles. The van der Waals surface area contributed by atoms with Crippen molar-refractivity contribution in [1.29, 1.82) is 0 Å². The molecule has 0 spiro atoms. The van der Waals surface area contributed by atoms with Gasteiger partial charge in [-0.2, -0.15) is 5.10 Å². The Morgan fingerprint density at radius 1 is 1.04 bits per heavy atom. The molecule has 28 heavy (non-hydrogen) atoms. The van der Waals surface area contributed by atoms with Crippen LogP contribution in [0.25, 0.3) is 22.9 Å². The molecule has 2 aromatic carbocycles. The van der Waals surface area contributed by atoms with E-state index in [0.717, 1.165) is 42.6 Å². The van der Waals surface area contributed by atoms with Crippen LogP contribution >= 0.6 is 0 Å². The number of aryl methyl sites for hydroxylation is 1. The molecule has 3 aromatic rings. The van der Waals surface area contributed by atoms with Crippen molar-refractivity contribution in [3.05, 3.63) is 70.1 Å². The number of phenols is 1. The minimum Gasteiger partial charge on any atom is -0.508 e. The quantitative estimate of drug-likeness (QED) is 0.603. The van der Waals surface area contributed by atoms with Crippen LogP contribution in [0.5, 0.6) is 5.75 Å². The summed E-state index contributed by atoms with van der Waals surface area (Å²) in [6.45, 7) is 7.96. The standard InChI is InChI=1S/C23H27N3O2/c1-3-25(4-2)14-5-15-26-23(28)22-13-10-19(16-20(22)17-24-26)7-6-18-8-11-21(27)12-9-18/h6-13,16-17,27H,3-5,14-15H2,1-2H3/b7-6+. The number of fused-ring (bicyclic) bond motifs is 1. The maximum Gasteiger partial charge on any atom is 0.274 e. The van der Waals surface area contributed by atoms with Crippen LogP contribution in [-0.2, 0) is 6.54 Å². The summed E-state index contributed by atoms with van der Waals surface area (Å²) in [4.78, 5) is 15.1. The molecule has 0 atom stereocenters. The van der Waals surface area contributed by atoms with E-state index in [4.69, 9.17) is 0 Å². The third-order valence-corrected chi connectivity index (χ3v) is 4.98. The van der Waals surface area contributed by atoms with Gasteiger partial charge in [0, 0.05) is 11.9 Å². The van der Waals surface area contributed by atoms with Gasteiger partial charge in [-0.3, -0.25) is 4.79 Å². The molecule has 0 fully saturated rings. The van der Waals surface area contributed by atoms with Gasteiger partial charge in [0.25, 0.3) is 5.56 Å². The molecule has 1 N–H and O–H groups in total. The van der Waals surface area contributed by atoms with Crippen LogP contribution in [0.3, 0.4) is 0 Å². The number of hydrogen-bond donors (Lipinski definition) is 1. The Balaban J connectivity index is 1.74. The minimum atomic E-state index is -0.0360. The van der Waals surface area contributed by atoms with E-state index >= 15 is 0 Å². The molecule has 0 aliphatic carbocycles. The van der Waals surface area contributed by atoms with E-state index in [1.165, 1.54) is 0 Å². The Labute approximate surface area is 165 Å². The molecular formula is C23H27N3O2. The van der Waals surface area contributed by atoms with Crippen molar-refractivity contribution in [3.8, 4) is 5.75 Å². The molecule has 0 unspecified atom stereocenters. The predicted molar refractivity (Wildman–Crippen MR) is 115 cm³/mol. The van der Waals surface area contributed by atoms with Crippen LogP contribution in [-0.4, -0.2) is 39.4 Å². The van der Waals surface area contributed by atoms with Gasteiger partial charge in [-0.25, -0.2) is 4.68 Å². The molecule has 0 amide bonds. The summed E-state index contributed by atoms with van der Waals surface area (Å²) >= 11 is 0. The van der Waals surface area contributed by atoms with Crippen LogP contribution in [0.4, 0.5) is 0 Å². The predicted octanol–water partition coefficient (Wildman–Crippen LogP) is 4.00. The first-order valence-corrected chi connectivity index (χ1v) is 9.80. The second-order valence-corrected chi connectivity index (χ2v) is 6.82. The second kappa shape index (κ2) is 9.33. The maximum atomic E-state index is 12.7. The zero-order valence-corrected chi connectivity index (χ0v) is 16.5. The van der Waals surface area contributed by atoms with Crippen LogP contribution in [0.15, 0.2) is 53.5 Å². The summed E-state index contributed by atoms with van der Waals surface area (Å²) in [5.74, 6) is 0.252. The number of hydrogen-bond acceptors (Lipinski definition) is 4. The third kappa shape index (κ3) is 4.87. The SMILES string of the molecule is CCN(CC)CCCn1ncc2cc(/C=C/c3ccc(O)cc3)ccc2c1=O. The monoisotopic (exact) mass is 377 g/mol. The highest BCUT2D eigenvalue weighted by atomic mass is 16.3. The molecular weight excluding hydrogens is 350 g/mol. The topological polar surface area (TPSA) is 58.4 Å². The second-order valence-electron chi connectivity index (χ2n) is 6.82. The van der Waals surface area contributed by atoms with Crippen molar-refractivity contribution in [2.45, 2.75) is 26.8 Å². The lowest BCUT2D eigenvalue weighted by Gasteiger charge is -2.17. The number of aromatic nitrogens is 2. The normalized spacial score (nSPS) is 11.7. The molecule has 0 aliphatic rings. The fraction of sp³-hybridized carbons (Fsp3) is 0.304. The Hall–Kier alpha value is -2.92. The molecule has 1 heterocycles. The molecule has 0 bridgehead atoms. The Kier molecular flexibility index (Phi) is 6.61. The zero-order chi connectivity index (χ0) is 19.9. The van der Waals surface area contributed by atoms with Gasteiger partial charge < -0.3 is 10.0 Å². The first-order chi connectivity index (χ1) is 13.6. The van der Waals surface area contributed by atoms with Gasteiger partial charge in [0.05, 0.1) is 11.6 Å². The number of rotatable bonds is 8. The first kappa shape index (κ1) is 19.8. The van der Waals surface area contributed by atoms with Crippen molar-refractivity contribution in [3.63, 3.8) is 0 Å². The maximum absolute atomic E-state index is 12.7. The van der Waals surface area contributed by atoms with Gasteiger partial charge in [0.1, 0.15) is 5.75 Å². The molecule has 1 aromatic heterocycles. The summed E-state index contributed by atoms with van der Waals surface area (Å²) in [6, 6.07) is 12.8. The van der Waals surface area contributed by atoms with E-state index in [1.54, 1.807) is 23.0 Å². The average molecular weight is 377 g/mol. The lowest BCUT2D eigenvalue weighted by atomic mass is 10.1. The molecule has 3 rings (SSSR count). The molecule has 5 nitrogen and oxygen atoms in total. The van der Waals surface area contributed by atoms with Crippen molar-refractivity contribution < 1.29 is 5.11 Å². The Morgan fingerprint density at radius 2 is 1.71 bits per heavy atom. The molecule has 146 valence electrons. The fourth-order valence-electron chi connectivity index (χ4n) is 3.23. The van der Waals surface area contributed by atoms with E-state index < -0.39 is 0 Å². The van der Waals surface area contributed by atoms with Gasteiger partial charge in [0.15, 0.2) is 0 Å². The summed E-state index contributed by atoms with van der Waals surface area (Å²) < 4.78 is 1.57. The highest BCUT2D eigenvalue weighted by Crippen LogP contribution is 2.16. The van der Waals surface area contributed by atoms with E-state index in [2.05, 4.69) is 23.8 Å². The van der Waals surface area contributed by atoms with E-state index in [0.29, 0.717) is 11.9 Å². The zero-order valence-electron chi connectivity index (χ0n) is 16.5. The fourth-order valence-corrected chi connectivity index (χ4v) is 3.23. The average Bonchev–Trinajstić information content (AvgIpc) is 2.72. The molecule has 0 saturated heterocycles.